The maximum absolute atomic E-state index is 12.2. The SMILES string of the molecule is CC(C)c1ccc(C(=O)COc2ccc(-c3nnco3)cc2)cc1. The van der Waals surface area contributed by atoms with Gasteiger partial charge in [-0.2, -0.15) is 0 Å². The van der Waals surface area contributed by atoms with Crippen molar-refractivity contribution in [3.63, 3.8) is 0 Å². The van der Waals surface area contributed by atoms with Gasteiger partial charge in [-0.05, 0) is 35.7 Å². The molecule has 0 aliphatic rings. The average Bonchev–Trinajstić information content (AvgIpc) is 3.15. The van der Waals surface area contributed by atoms with Crippen LogP contribution in [0.2, 0.25) is 0 Å². The molecule has 2 aromatic carbocycles. The fourth-order valence-electron chi connectivity index (χ4n) is 2.28. The third-order valence-electron chi connectivity index (χ3n) is 3.73. The van der Waals surface area contributed by atoms with Crippen molar-refractivity contribution < 1.29 is 13.9 Å². The van der Waals surface area contributed by atoms with E-state index in [1.165, 1.54) is 12.0 Å². The second-order valence-electron chi connectivity index (χ2n) is 5.76. The van der Waals surface area contributed by atoms with Crippen LogP contribution in [0.5, 0.6) is 5.75 Å². The Kier molecular flexibility index (Phi) is 4.70. The quantitative estimate of drug-likeness (QED) is 0.639. The lowest BCUT2D eigenvalue weighted by Gasteiger charge is -2.08. The number of carbonyl (C=O) groups is 1. The normalized spacial score (nSPS) is 10.8. The van der Waals surface area contributed by atoms with E-state index in [2.05, 4.69) is 24.0 Å². The Labute approximate surface area is 140 Å². The highest BCUT2D eigenvalue weighted by molar-refractivity contribution is 5.97. The van der Waals surface area contributed by atoms with Gasteiger partial charge in [0.15, 0.2) is 12.4 Å². The molecule has 0 saturated heterocycles. The predicted molar refractivity (Wildman–Crippen MR) is 90.1 cm³/mol. The number of benzene rings is 2. The number of ketones is 1. The fraction of sp³-hybridized carbons (Fsp3) is 0.211. The Balaban J connectivity index is 1.59. The van der Waals surface area contributed by atoms with Crippen LogP contribution in [-0.4, -0.2) is 22.6 Å². The van der Waals surface area contributed by atoms with E-state index in [0.29, 0.717) is 23.1 Å². The van der Waals surface area contributed by atoms with Gasteiger partial charge in [0.25, 0.3) is 0 Å². The third kappa shape index (κ3) is 3.68. The number of ether oxygens (including phenoxy) is 1. The van der Waals surface area contributed by atoms with Crippen molar-refractivity contribution in [1.29, 1.82) is 0 Å². The summed E-state index contributed by atoms with van der Waals surface area (Å²) in [6, 6.07) is 14.8. The highest BCUT2D eigenvalue weighted by atomic mass is 16.5. The molecule has 0 spiro atoms. The standard InChI is InChI=1S/C19H18N2O3/c1-13(2)14-3-5-15(6-4-14)18(22)11-23-17-9-7-16(8-10-17)19-21-20-12-24-19/h3-10,12-13H,11H2,1-2H3. The summed E-state index contributed by atoms with van der Waals surface area (Å²) in [7, 11) is 0. The van der Waals surface area contributed by atoms with E-state index in [1.54, 1.807) is 12.1 Å². The van der Waals surface area contributed by atoms with Gasteiger partial charge >= 0.3 is 0 Å². The lowest BCUT2D eigenvalue weighted by Crippen LogP contribution is -2.11. The van der Waals surface area contributed by atoms with Gasteiger partial charge in [0.2, 0.25) is 12.3 Å². The van der Waals surface area contributed by atoms with Gasteiger partial charge in [-0.1, -0.05) is 38.1 Å². The largest absolute Gasteiger partial charge is 0.485 e. The topological polar surface area (TPSA) is 65.2 Å². The second kappa shape index (κ2) is 7.08. The number of hydrogen-bond acceptors (Lipinski definition) is 5. The summed E-state index contributed by atoms with van der Waals surface area (Å²) in [6.45, 7) is 4.25. The van der Waals surface area contributed by atoms with Crippen molar-refractivity contribution in [1.82, 2.24) is 10.2 Å². The van der Waals surface area contributed by atoms with Crippen molar-refractivity contribution in [3.8, 4) is 17.2 Å². The lowest BCUT2D eigenvalue weighted by molar-refractivity contribution is 0.0921. The molecular formula is C19H18N2O3. The number of aromatic nitrogens is 2. The van der Waals surface area contributed by atoms with Crippen LogP contribution in [0, 0.1) is 0 Å². The molecule has 0 aliphatic heterocycles. The van der Waals surface area contributed by atoms with E-state index in [4.69, 9.17) is 9.15 Å². The smallest absolute Gasteiger partial charge is 0.247 e. The minimum Gasteiger partial charge on any atom is -0.485 e. The molecule has 5 heteroatoms. The van der Waals surface area contributed by atoms with Gasteiger partial charge in [0.05, 0.1) is 0 Å². The van der Waals surface area contributed by atoms with E-state index < -0.39 is 0 Å². The monoisotopic (exact) mass is 322 g/mol. The molecule has 0 amide bonds. The molecule has 0 N–H and O–H groups in total. The highest BCUT2D eigenvalue weighted by Crippen LogP contribution is 2.20. The van der Waals surface area contributed by atoms with Crippen LogP contribution in [0.4, 0.5) is 0 Å². The van der Waals surface area contributed by atoms with Gasteiger partial charge in [0, 0.05) is 11.1 Å². The van der Waals surface area contributed by atoms with E-state index in [1.807, 2.05) is 36.4 Å². The van der Waals surface area contributed by atoms with Crippen molar-refractivity contribution in [3.05, 3.63) is 66.1 Å². The minimum absolute atomic E-state index is 0.000922. The first kappa shape index (κ1) is 15.9. The molecule has 3 rings (SSSR count). The summed E-state index contributed by atoms with van der Waals surface area (Å²) >= 11 is 0. The third-order valence-corrected chi connectivity index (χ3v) is 3.73. The zero-order chi connectivity index (χ0) is 16.9. The number of nitrogens with zero attached hydrogens (tertiary/aromatic N) is 2. The summed E-state index contributed by atoms with van der Waals surface area (Å²) in [5.41, 5.74) is 2.67. The Morgan fingerprint density at radius 1 is 1.08 bits per heavy atom. The molecule has 1 heterocycles. The van der Waals surface area contributed by atoms with E-state index in [9.17, 15) is 4.79 Å². The summed E-state index contributed by atoms with van der Waals surface area (Å²) in [5, 5.41) is 7.48. The first-order chi connectivity index (χ1) is 11.6. The van der Waals surface area contributed by atoms with Crippen LogP contribution >= 0.6 is 0 Å². The maximum Gasteiger partial charge on any atom is 0.247 e. The molecule has 1 aromatic heterocycles. The number of hydrogen-bond donors (Lipinski definition) is 0. The molecule has 0 unspecified atom stereocenters. The van der Waals surface area contributed by atoms with Gasteiger partial charge in [-0.15, -0.1) is 10.2 Å². The first-order valence-electron chi connectivity index (χ1n) is 7.76. The maximum atomic E-state index is 12.2. The van der Waals surface area contributed by atoms with Crippen LogP contribution in [0.3, 0.4) is 0 Å². The van der Waals surface area contributed by atoms with Crippen molar-refractivity contribution in [2.75, 3.05) is 6.61 Å². The Hall–Kier alpha value is -2.95. The zero-order valence-corrected chi connectivity index (χ0v) is 13.6. The molecule has 0 radical (unpaired) electrons. The molecule has 0 saturated carbocycles. The van der Waals surface area contributed by atoms with Gasteiger partial charge < -0.3 is 9.15 Å². The van der Waals surface area contributed by atoms with E-state index in [0.717, 1.165) is 5.56 Å². The molecule has 0 atom stereocenters. The molecule has 0 fully saturated rings. The van der Waals surface area contributed by atoms with Crippen LogP contribution in [-0.2, 0) is 0 Å². The lowest BCUT2D eigenvalue weighted by atomic mass is 10.0. The van der Waals surface area contributed by atoms with E-state index in [-0.39, 0.29) is 12.4 Å². The summed E-state index contributed by atoms with van der Waals surface area (Å²) in [4.78, 5) is 12.2. The first-order valence-corrected chi connectivity index (χ1v) is 7.76. The summed E-state index contributed by atoms with van der Waals surface area (Å²) < 4.78 is 10.7. The van der Waals surface area contributed by atoms with Crippen LogP contribution < -0.4 is 4.74 Å². The Morgan fingerprint density at radius 2 is 1.79 bits per heavy atom. The molecule has 0 aliphatic carbocycles. The predicted octanol–water partition coefficient (Wildman–Crippen LogP) is 4.12. The molecule has 24 heavy (non-hydrogen) atoms. The van der Waals surface area contributed by atoms with Crippen molar-refractivity contribution >= 4 is 5.78 Å². The van der Waals surface area contributed by atoms with Crippen LogP contribution in [0.25, 0.3) is 11.5 Å². The highest BCUT2D eigenvalue weighted by Gasteiger charge is 2.09. The Bertz CT molecular complexity index is 792. The van der Waals surface area contributed by atoms with Gasteiger partial charge in [-0.25, -0.2) is 0 Å². The molecule has 122 valence electrons. The number of carbonyl (C=O) groups excluding carboxylic acids is 1. The van der Waals surface area contributed by atoms with Crippen molar-refractivity contribution in [2.45, 2.75) is 19.8 Å². The summed E-state index contributed by atoms with van der Waals surface area (Å²) in [6.07, 6.45) is 1.28. The van der Waals surface area contributed by atoms with Gasteiger partial charge in [-0.3, -0.25) is 4.79 Å². The van der Waals surface area contributed by atoms with Gasteiger partial charge in [0.1, 0.15) is 5.75 Å². The number of Topliss-reactive ketones (excluding diaryl/α,β-unsaturated/α-hetero) is 1. The second-order valence-corrected chi connectivity index (χ2v) is 5.76. The van der Waals surface area contributed by atoms with E-state index >= 15 is 0 Å². The fourth-order valence-corrected chi connectivity index (χ4v) is 2.28. The van der Waals surface area contributed by atoms with Crippen LogP contribution in [0.1, 0.15) is 35.7 Å². The molecule has 3 aromatic rings. The van der Waals surface area contributed by atoms with Crippen LogP contribution in [0.15, 0.2) is 59.3 Å². The number of rotatable bonds is 6. The summed E-state index contributed by atoms with van der Waals surface area (Å²) in [5.74, 6) is 1.46. The average molecular weight is 322 g/mol. The Morgan fingerprint density at radius 3 is 2.38 bits per heavy atom. The molecule has 5 nitrogen and oxygen atoms in total. The van der Waals surface area contributed by atoms with Crippen molar-refractivity contribution in [2.24, 2.45) is 0 Å². The molecular weight excluding hydrogens is 304 g/mol. The minimum atomic E-state index is -0.0497. The molecule has 0 bridgehead atoms. The zero-order valence-electron chi connectivity index (χ0n) is 13.6.